The summed E-state index contributed by atoms with van der Waals surface area (Å²) in [5.74, 6) is -0.532. The van der Waals surface area contributed by atoms with Gasteiger partial charge in [0.1, 0.15) is 11.9 Å². The van der Waals surface area contributed by atoms with Gasteiger partial charge in [0, 0.05) is 36.4 Å². The van der Waals surface area contributed by atoms with Crippen LogP contribution in [0.1, 0.15) is 22.3 Å². The van der Waals surface area contributed by atoms with Crippen molar-refractivity contribution in [3.05, 3.63) is 53.7 Å². The number of carbonyl (C=O) groups is 1. The second kappa shape index (κ2) is 8.26. The Morgan fingerprint density at radius 3 is 2.85 bits per heavy atom. The number of amides is 1. The van der Waals surface area contributed by atoms with E-state index in [0.29, 0.717) is 19.1 Å². The Bertz CT molecular complexity index is 792. The Labute approximate surface area is 153 Å². The Kier molecular flexibility index (Phi) is 5.80. The SMILES string of the molecule is O=C(NCc1ccccc1OC(F)(F)F)c1ccnc(OC2CCOC2)c1. The van der Waals surface area contributed by atoms with Crippen molar-refractivity contribution in [2.45, 2.75) is 25.4 Å². The highest BCUT2D eigenvalue weighted by molar-refractivity contribution is 5.94. The van der Waals surface area contributed by atoms with E-state index in [1.165, 1.54) is 36.5 Å². The number of nitrogens with one attached hydrogen (secondary N) is 1. The lowest BCUT2D eigenvalue weighted by Crippen LogP contribution is -2.24. The zero-order valence-electron chi connectivity index (χ0n) is 14.2. The molecule has 1 amide bonds. The summed E-state index contributed by atoms with van der Waals surface area (Å²) < 4.78 is 52.2. The first-order valence-corrected chi connectivity index (χ1v) is 8.23. The van der Waals surface area contributed by atoms with Crippen LogP contribution in [0.4, 0.5) is 13.2 Å². The van der Waals surface area contributed by atoms with Crippen LogP contribution in [-0.4, -0.2) is 36.6 Å². The predicted octanol–water partition coefficient (Wildman–Crippen LogP) is 3.08. The Morgan fingerprint density at radius 2 is 2.11 bits per heavy atom. The minimum Gasteiger partial charge on any atom is -0.472 e. The average molecular weight is 382 g/mol. The number of aromatic nitrogens is 1. The van der Waals surface area contributed by atoms with Crippen molar-refractivity contribution >= 4 is 5.91 Å². The van der Waals surface area contributed by atoms with Gasteiger partial charge in [-0.1, -0.05) is 18.2 Å². The van der Waals surface area contributed by atoms with E-state index in [1.54, 1.807) is 6.07 Å². The molecular weight excluding hydrogens is 365 g/mol. The van der Waals surface area contributed by atoms with Crippen LogP contribution in [0.2, 0.25) is 0 Å². The molecule has 6 nitrogen and oxygen atoms in total. The van der Waals surface area contributed by atoms with Gasteiger partial charge in [-0.3, -0.25) is 4.79 Å². The first kappa shape index (κ1) is 19.0. The highest BCUT2D eigenvalue weighted by atomic mass is 19.4. The van der Waals surface area contributed by atoms with Crippen LogP contribution in [0.5, 0.6) is 11.6 Å². The molecule has 27 heavy (non-hydrogen) atoms. The third-order valence-electron chi connectivity index (χ3n) is 3.81. The molecule has 1 aromatic carbocycles. The Morgan fingerprint density at radius 1 is 1.30 bits per heavy atom. The smallest absolute Gasteiger partial charge is 0.472 e. The van der Waals surface area contributed by atoms with Crippen LogP contribution in [0.3, 0.4) is 0 Å². The fourth-order valence-corrected chi connectivity index (χ4v) is 2.54. The molecule has 9 heteroatoms. The number of para-hydroxylation sites is 1. The van der Waals surface area contributed by atoms with E-state index in [2.05, 4.69) is 15.0 Å². The topological polar surface area (TPSA) is 69.7 Å². The third-order valence-corrected chi connectivity index (χ3v) is 3.81. The van der Waals surface area contributed by atoms with Gasteiger partial charge in [0.25, 0.3) is 5.91 Å². The van der Waals surface area contributed by atoms with Gasteiger partial charge in [-0.05, 0) is 12.1 Å². The molecule has 0 bridgehead atoms. The van der Waals surface area contributed by atoms with Crippen molar-refractivity contribution in [1.29, 1.82) is 0 Å². The maximum Gasteiger partial charge on any atom is 0.573 e. The molecule has 1 fully saturated rings. The van der Waals surface area contributed by atoms with E-state index in [0.717, 1.165) is 6.42 Å². The molecule has 2 heterocycles. The zero-order chi connectivity index (χ0) is 19.3. The molecular formula is C18H17F3N2O4. The van der Waals surface area contributed by atoms with Gasteiger partial charge in [-0.2, -0.15) is 0 Å². The van der Waals surface area contributed by atoms with Crippen molar-refractivity contribution in [3.8, 4) is 11.6 Å². The highest BCUT2D eigenvalue weighted by Gasteiger charge is 2.32. The number of carbonyl (C=O) groups excluding carboxylic acids is 1. The molecule has 1 aliphatic heterocycles. The van der Waals surface area contributed by atoms with Gasteiger partial charge in [0.2, 0.25) is 5.88 Å². The number of hydrogen-bond acceptors (Lipinski definition) is 5. The molecule has 0 radical (unpaired) electrons. The summed E-state index contributed by atoms with van der Waals surface area (Å²) in [5, 5.41) is 2.57. The molecule has 1 unspecified atom stereocenters. The third kappa shape index (κ3) is 5.58. The standard InChI is InChI=1S/C18H17F3N2O4/c19-18(20,21)27-15-4-2-1-3-13(15)10-23-17(24)12-5-7-22-16(9-12)26-14-6-8-25-11-14/h1-5,7,9,14H,6,8,10-11H2,(H,23,24). The van der Waals surface area contributed by atoms with Gasteiger partial charge in [-0.15, -0.1) is 13.2 Å². The number of hydrogen-bond donors (Lipinski definition) is 1. The minimum atomic E-state index is -4.80. The van der Waals surface area contributed by atoms with Crippen molar-refractivity contribution in [2.75, 3.05) is 13.2 Å². The lowest BCUT2D eigenvalue weighted by Gasteiger charge is -2.14. The first-order chi connectivity index (χ1) is 12.9. The lowest BCUT2D eigenvalue weighted by molar-refractivity contribution is -0.274. The van der Waals surface area contributed by atoms with Gasteiger partial charge < -0.3 is 19.5 Å². The fourth-order valence-electron chi connectivity index (χ4n) is 2.54. The van der Waals surface area contributed by atoms with Crippen molar-refractivity contribution < 1.29 is 32.2 Å². The van der Waals surface area contributed by atoms with E-state index >= 15 is 0 Å². The second-order valence-electron chi connectivity index (χ2n) is 5.82. The van der Waals surface area contributed by atoms with Crippen LogP contribution < -0.4 is 14.8 Å². The Hall–Kier alpha value is -2.81. The summed E-state index contributed by atoms with van der Waals surface area (Å²) in [6.07, 6.45) is -2.74. The van der Waals surface area contributed by atoms with E-state index in [1.807, 2.05) is 0 Å². The van der Waals surface area contributed by atoms with Crippen molar-refractivity contribution in [2.24, 2.45) is 0 Å². The Balaban J connectivity index is 1.63. The van der Waals surface area contributed by atoms with Crippen LogP contribution in [0, 0.1) is 0 Å². The molecule has 0 saturated carbocycles. The molecule has 1 aromatic heterocycles. The zero-order valence-corrected chi connectivity index (χ0v) is 14.2. The van der Waals surface area contributed by atoms with Crippen LogP contribution in [-0.2, 0) is 11.3 Å². The van der Waals surface area contributed by atoms with E-state index in [-0.39, 0.29) is 29.5 Å². The van der Waals surface area contributed by atoms with E-state index in [4.69, 9.17) is 9.47 Å². The quantitative estimate of drug-likeness (QED) is 0.832. The number of benzene rings is 1. The highest BCUT2D eigenvalue weighted by Crippen LogP contribution is 2.26. The van der Waals surface area contributed by atoms with E-state index < -0.39 is 12.3 Å². The molecule has 3 rings (SSSR count). The summed E-state index contributed by atoms with van der Waals surface area (Å²) in [7, 11) is 0. The molecule has 0 spiro atoms. The van der Waals surface area contributed by atoms with Gasteiger partial charge >= 0.3 is 6.36 Å². The first-order valence-electron chi connectivity index (χ1n) is 8.23. The van der Waals surface area contributed by atoms with Crippen molar-refractivity contribution in [1.82, 2.24) is 10.3 Å². The molecule has 2 aromatic rings. The number of halogens is 3. The van der Waals surface area contributed by atoms with Gasteiger partial charge in [0.15, 0.2) is 0 Å². The van der Waals surface area contributed by atoms with Gasteiger partial charge in [-0.25, -0.2) is 4.98 Å². The molecule has 144 valence electrons. The maximum atomic E-state index is 12.5. The molecule has 1 saturated heterocycles. The molecule has 0 aliphatic carbocycles. The summed E-state index contributed by atoms with van der Waals surface area (Å²) in [4.78, 5) is 16.4. The molecule has 1 N–H and O–H groups in total. The second-order valence-corrected chi connectivity index (χ2v) is 5.82. The van der Waals surface area contributed by atoms with Crippen LogP contribution >= 0.6 is 0 Å². The van der Waals surface area contributed by atoms with Gasteiger partial charge in [0.05, 0.1) is 13.2 Å². The monoisotopic (exact) mass is 382 g/mol. The average Bonchev–Trinajstić information content (AvgIpc) is 3.12. The number of ether oxygens (including phenoxy) is 3. The summed E-state index contributed by atoms with van der Waals surface area (Å²) in [6.45, 7) is 0.957. The predicted molar refractivity (Wildman–Crippen MR) is 88.4 cm³/mol. The normalized spacial score (nSPS) is 16.8. The van der Waals surface area contributed by atoms with Crippen LogP contribution in [0.25, 0.3) is 0 Å². The number of alkyl halides is 3. The summed E-state index contributed by atoms with van der Waals surface area (Å²) >= 11 is 0. The number of nitrogens with zero attached hydrogens (tertiary/aromatic N) is 1. The van der Waals surface area contributed by atoms with Crippen molar-refractivity contribution in [3.63, 3.8) is 0 Å². The van der Waals surface area contributed by atoms with E-state index in [9.17, 15) is 18.0 Å². The van der Waals surface area contributed by atoms with Crippen LogP contribution in [0.15, 0.2) is 42.6 Å². The lowest BCUT2D eigenvalue weighted by atomic mass is 10.2. The fraction of sp³-hybridized carbons (Fsp3) is 0.333. The number of rotatable bonds is 6. The molecule has 1 atom stereocenters. The largest absolute Gasteiger partial charge is 0.573 e. The maximum absolute atomic E-state index is 12.5. The number of pyridine rings is 1. The summed E-state index contributed by atoms with van der Waals surface area (Å²) in [6, 6.07) is 8.59. The summed E-state index contributed by atoms with van der Waals surface area (Å²) in [5.41, 5.74) is 0.491. The molecule has 1 aliphatic rings. The minimum absolute atomic E-state index is 0.109.